The van der Waals surface area contributed by atoms with Gasteiger partial charge in [0.05, 0.1) is 13.2 Å². The molecule has 0 atom stereocenters. The predicted octanol–water partition coefficient (Wildman–Crippen LogP) is 2.94. The van der Waals surface area contributed by atoms with E-state index >= 15 is 0 Å². The fourth-order valence-electron chi connectivity index (χ4n) is 4.13. The van der Waals surface area contributed by atoms with E-state index in [0.717, 1.165) is 31.2 Å². The van der Waals surface area contributed by atoms with Crippen LogP contribution in [0.15, 0.2) is 29.2 Å². The number of ether oxygens (including phenoxy) is 3. The Morgan fingerprint density at radius 3 is 2.28 bits per heavy atom. The summed E-state index contributed by atoms with van der Waals surface area (Å²) in [6.07, 6.45) is 3.23. The van der Waals surface area contributed by atoms with Crippen molar-refractivity contribution in [1.82, 2.24) is 0 Å². The van der Waals surface area contributed by atoms with E-state index in [9.17, 15) is 9.59 Å². The van der Waals surface area contributed by atoms with E-state index in [2.05, 4.69) is 0 Å². The fraction of sp³-hybridized carbons (Fsp3) is 0.474. The molecule has 1 aromatic carbocycles. The van der Waals surface area contributed by atoms with Crippen molar-refractivity contribution in [2.75, 3.05) is 19.0 Å². The number of thioether (sulfide) groups is 1. The van der Waals surface area contributed by atoms with Crippen molar-refractivity contribution in [3.8, 4) is 0 Å². The van der Waals surface area contributed by atoms with Crippen LogP contribution in [-0.4, -0.2) is 41.9 Å². The standard InChI is InChI=1S/C19H18O5S/c20-14-12-3-1-2-4-13(12)16-17(15(14)21)25-11-18(24-16)5-7-19(8-6-18)22-9-10-23-19/h1-4H,5-11H2. The normalized spacial score (nSPS) is 26.6. The van der Waals surface area contributed by atoms with Crippen molar-refractivity contribution in [3.05, 3.63) is 40.3 Å². The van der Waals surface area contributed by atoms with Gasteiger partial charge < -0.3 is 14.2 Å². The highest BCUT2D eigenvalue weighted by atomic mass is 32.2. The molecular formula is C19H18O5S. The summed E-state index contributed by atoms with van der Waals surface area (Å²) < 4.78 is 18.1. The van der Waals surface area contributed by atoms with Gasteiger partial charge in [-0.15, -0.1) is 11.8 Å². The number of benzene rings is 1. The van der Waals surface area contributed by atoms with Crippen molar-refractivity contribution in [3.63, 3.8) is 0 Å². The van der Waals surface area contributed by atoms with E-state index in [1.165, 1.54) is 11.8 Å². The van der Waals surface area contributed by atoms with E-state index in [0.29, 0.717) is 35.2 Å². The minimum atomic E-state index is -0.441. The molecule has 2 fully saturated rings. The van der Waals surface area contributed by atoms with Gasteiger partial charge in [0, 0.05) is 29.7 Å². The first kappa shape index (κ1) is 15.6. The summed E-state index contributed by atoms with van der Waals surface area (Å²) in [6, 6.07) is 7.21. The van der Waals surface area contributed by atoms with Crippen LogP contribution in [0.2, 0.25) is 0 Å². The van der Waals surface area contributed by atoms with Gasteiger partial charge in [-0.2, -0.15) is 0 Å². The smallest absolute Gasteiger partial charge is 0.243 e. The maximum absolute atomic E-state index is 12.4. The van der Waals surface area contributed by atoms with Crippen LogP contribution in [0.3, 0.4) is 0 Å². The molecule has 2 aliphatic heterocycles. The molecule has 1 saturated carbocycles. The Kier molecular flexibility index (Phi) is 3.39. The zero-order chi connectivity index (χ0) is 17.1. The molecule has 2 heterocycles. The first-order valence-corrected chi connectivity index (χ1v) is 9.63. The number of fused-ring (bicyclic) bond motifs is 2. The molecule has 6 heteroatoms. The molecule has 5 nitrogen and oxygen atoms in total. The molecule has 0 radical (unpaired) electrons. The molecule has 4 aliphatic rings. The summed E-state index contributed by atoms with van der Waals surface area (Å²) in [5, 5.41) is 0. The summed E-state index contributed by atoms with van der Waals surface area (Å²) in [5.74, 6) is -0.0477. The summed E-state index contributed by atoms with van der Waals surface area (Å²) in [5.41, 5.74) is 0.860. The van der Waals surface area contributed by atoms with Gasteiger partial charge in [0.25, 0.3) is 0 Å². The van der Waals surface area contributed by atoms with Gasteiger partial charge in [0.1, 0.15) is 16.3 Å². The summed E-state index contributed by atoms with van der Waals surface area (Å²) >= 11 is 1.46. The number of Topliss-reactive ketones (excluding diaryl/α,β-unsaturated/α-hetero) is 2. The van der Waals surface area contributed by atoms with Crippen LogP contribution >= 0.6 is 11.8 Å². The van der Waals surface area contributed by atoms with E-state index in [-0.39, 0.29) is 5.60 Å². The minimum absolute atomic E-state index is 0.322. The lowest BCUT2D eigenvalue weighted by Gasteiger charge is -2.46. The monoisotopic (exact) mass is 358 g/mol. The van der Waals surface area contributed by atoms with Crippen LogP contribution in [0, 0.1) is 0 Å². The van der Waals surface area contributed by atoms with E-state index in [1.54, 1.807) is 12.1 Å². The van der Waals surface area contributed by atoms with Gasteiger partial charge in [-0.25, -0.2) is 0 Å². The molecule has 0 aromatic heterocycles. The molecule has 2 spiro atoms. The highest BCUT2D eigenvalue weighted by Gasteiger charge is 2.51. The summed E-state index contributed by atoms with van der Waals surface area (Å²) in [4.78, 5) is 25.2. The highest BCUT2D eigenvalue weighted by Crippen LogP contribution is 2.51. The van der Waals surface area contributed by atoms with Crippen LogP contribution in [0.1, 0.15) is 41.6 Å². The molecule has 0 amide bonds. The van der Waals surface area contributed by atoms with Crippen molar-refractivity contribution >= 4 is 29.1 Å². The molecule has 25 heavy (non-hydrogen) atoms. The molecule has 0 N–H and O–H groups in total. The maximum atomic E-state index is 12.4. The van der Waals surface area contributed by atoms with Crippen LogP contribution in [-0.2, 0) is 19.0 Å². The lowest BCUT2D eigenvalue weighted by molar-refractivity contribution is -0.198. The average Bonchev–Trinajstić information content (AvgIpc) is 3.11. The first-order chi connectivity index (χ1) is 12.1. The molecule has 130 valence electrons. The first-order valence-electron chi connectivity index (χ1n) is 8.64. The summed E-state index contributed by atoms with van der Waals surface area (Å²) in [6.45, 7) is 1.31. The van der Waals surface area contributed by atoms with E-state index in [1.807, 2.05) is 12.1 Å². The highest BCUT2D eigenvalue weighted by molar-refractivity contribution is 8.04. The second kappa shape index (κ2) is 5.43. The quantitative estimate of drug-likeness (QED) is 0.665. The van der Waals surface area contributed by atoms with Crippen LogP contribution in [0.25, 0.3) is 5.76 Å². The van der Waals surface area contributed by atoms with Gasteiger partial charge in [0.15, 0.2) is 5.79 Å². The molecule has 0 unspecified atom stereocenters. The molecular weight excluding hydrogens is 340 g/mol. The molecule has 5 rings (SSSR count). The minimum Gasteiger partial charge on any atom is -0.484 e. The van der Waals surface area contributed by atoms with Crippen LogP contribution in [0.5, 0.6) is 0 Å². The number of hydrogen-bond acceptors (Lipinski definition) is 6. The Morgan fingerprint density at radius 1 is 0.880 bits per heavy atom. The number of carbonyl (C=O) groups excluding carboxylic acids is 2. The Morgan fingerprint density at radius 2 is 1.56 bits per heavy atom. The van der Waals surface area contributed by atoms with Crippen LogP contribution < -0.4 is 0 Å². The lowest BCUT2D eigenvalue weighted by Crippen LogP contribution is -2.48. The number of allylic oxidation sites excluding steroid dienone is 1. The van der Waals surface area contributed by atoms with Gasteiger partial charge in [0.2, 0.25) is 11.6 Å². The third-order valence-corrected chi connectivity index (χ3v) is 6.90. The Hall–Kier alpha value is -1.63. The molecule has 1 aromatic rings. The molecule has 0 bridgehead atoms. The third-order valence-electron chi connectivity index (χ3n) is 5.57. The van der Waals surface area contributed by atoms with Crippen molar-refractivity contribution in [2.24, 2.45) is 0 Å². The van der Waals surface area contributed by atoms with E-state index in [4.69, 9.17) is 14.2 Å². The van der Waals surface area contributed by atoms with Gasteiger partial charge >= 0.3 is 0 Å². The van der Waals surface area contributed by atoms with Gasteiger partial charge in [-0.1, -0.05) is 24.3 Å². The molecule has 1 saturated heterocycles. The maximum Gasteiger partial charge on any atom is 0.243 e. The Bertz CT molecular complexity index is 796. The Labute approximate surface area is 149 Å². The largest absolute Gasteiger partial charge is 0.484 e. The van der Waals surface area contributed by atoms with Crippen molar-refractivity contribution < 1.29 is 23.8 Å². The topological polar surface area (TPSA) is 61.8 Å². The molecule has 2 aliphatic carbocycles. The lowest BCUT2D eigenvalue weighted by atomic mass is 9.81. The second-order valence-electron chi connectivity index (χ2n) is 7.04. The van der Waals surface area contributed by atoms with Crippen LogP contribution in [0.4, 0.5) is 0 Å². The summed E-state index contributed by atoms with van der Waals surface area (Å²) in [7, 11) is 0. The zero-order valence-corrected chi connectivity index (χ0v) is 14.5. The average molecular weight is 358 g/mol. The fourth-order valence-corrected chi connectivity index (χ4v) is 5.39. The van der Waals surface area contributed by atoms with Crippen molar-refractivity contribution in [2.45, 2.75) is 37.1 Å². The van der Waals surface area contributed by atoms with Gasteiger partial charge in [-0.3, -0.25) is 9.59 Å². The van der Waals surface area contributed by atoms with E-state index < -0.39 is 17.4 Å². The number of rotatable bonds is 0. The third kappa shape index (κ3) is 2.31. The number of carbonyl (C=O) groups is 2. The zero-order valence-electron chi connectivity index (χ0n) is 13.7. The second-order valence-corrected chi connectivity index (χ2v) is 8.03. The number of hydrogen-bond donors (Lipinski definition) is 0. The van der Waals surface area contributed by atoms with Crippen molar-refractivity contribution in [1.29, 1.82) is 0 Å². The Balaban J connectivity index is 1.47. The SMILES string of the molecule is O=C1C(=O)c2ccccc2C2=C1SCC1(CCC3(CC1)OCCO3)O2. The predicted molar refractivity (Wildman–Crippen MR) is 92.1 cm³/mol. The number of ketones is 2. The van der Waals surface area contributed by atoms with Gasteiger partial charge in [-0.05, 0) is 12.8 Å².